The van der Waals surface area contributed by atoms with Crippen LogP contribution in [0.15, 0.2) is 18.2 Å². The molecule has 0 fully saturated rings. The summed E-state index contributed by atoms with van der Waals surface area (Å²) >= 11 is 12.0. The maximum Gasteiger partial charge on any atom is 0.315 e. The van der Waals surface area contributed by atoms with E-state index >= 15 is 0 Å². The Morgan fingerprint density at radius 3 is 2.48 bits per heavy atom. The van der Waals surface area contributed by atoms with Gasteiger partial charge in [-0.2, -0.15) is 0 Å². The molecule has 128 valence electrons. The Morgan fingerprint density at radius 1 is 1.22 bits per heavy atom. The first-order chi connectivity index (χ1) is 10.8. The Kier molecular flexibility index (Phi) is 8.20. The molecule has 5 nitrogen and oxygen atoms in total. The van der Waals surface area contributed by atoms with Crippen molar-refractivity contribution in [3.8, 4) is 0 Å². The topological polar surface area (TPSA) is 61.4 Å². The molecule has 0 unspecified atom stereocenters. The second kappa shape index (κ2) is 9.63. The minimum Gasteiger partial charge on any atom is -0.341 e. The lowest BCUT2D eigenvalue weighted by Crippen LogP contribution is -2.44. The molecule has 0 aliphatic rings. The lowest BCUT2D eigenvalue weighted by atomic mass is 10.1. The van der Waals surface area contributed by atoms with Crippen molar-refractivity contribution >= 4 is 35.1 Å². The van der Waals surface area contributed by atoms with Crippen LogP contribution in [0.25, 0.3) is 0 Å². The first-order valence-corrected chi connectivity index (χ1v) is 8.29. The summed E-state index contributed by atoms with van der Waals surface area (Å²) < 4.78 is 0. The number of carbonyl (C=O) groups is 2. The third-order valence-corrected chi connectivity index (χ3v) is 3.79. The highest BCUT2D eigenvalue weighted by molar-refractivity contribution is 6.35. The van der Waals surface area contributed by atoms with E-state index in [1.54, 1.807) is 17.0 Å². The third-order valence-electron chi connectivity index (χ3n) is 3.20. The average Bonchev–Trinajstić information content (AvgIpc) is 2.43. The number of nitrogens with zero attached hydrogens (tertiary/aromatic N) is 1. The zero-order valence-electron chi connectivity index (χ0n) is 13.7. The van der Waals surface area contributed by atoms with Gasteiger partial charge in [-0.1, -0.05) is 29.3 Å². The van der Waals surface area contributed by atoms with Gasteiger partial charge >= 0.3 is 6.03 Å². The van der Waals surface area contributed by atoms with Gasteiger partial charge in [-0.3, -0.25) is 4.79 Å². The molecule has 7 heteroatoms. The number of hydrogen-bond donors (Lipinski definition) is 2. The van der Waals surface area contributed by atoms with Crippen LogP contribution in [0.3, 0.4) is 0 Å². The molecule has 1 aromatic rings. The summed E-state index contributed by atoms with van der Waals surface area (Å²) in [6.45, 7) is 6.66. The van der Waals surface area contributed by atoms with Gasteiger partial charge in [-0.15, -0.1) is 0 Å². The Hall–Kier alpha value is -1.46. The maximum absolute atomic E-state index is 11.7. The van der Waals surface area contributed by atoms with Crippen molar-refractivity contribution in [2.24, 2.45) is 0 Å². The molecule has 3 amide bonds. The molecule has 0 saturated heterocycles. The molecule has 0 atom stereocenters. The fraction of sp³-hybridized carbons (Fsp3) is 0.500. The van der Waals surface area contributed by atoms with Gasteiger partial charge in [0.25, 0.3) is 0 Å². The first-order valence-electron chi connectivity index (χ1n) is 7.53. The fourth-order valence-electron chi connectivity index (χ4n) is 2.02. The fourth-order valence-corrected chi connectivity index (χ4v) is 2.53. The molecule has 0 bridgehead atoms. The Labute approximate surface area is 147 Å². The second-order valence-electron chi connectivity index (χ2n) is 5.55. The summed E-state index contributed by atoms with van der Waals surface area (Å²) in [6.07, 6.45) is 0.633. The van der Waals surface area contributed by atoms with Gasteiger partial charge in [-0.05, 0) is 38.0 Å². The van der Waals surface area contributed by atoms with E-state index < -0.39 is 0 Å². The van der Waals surface area contributed by atoms with Crippen molar-refractivity contribution in [2.75, 3.05) is 19.6 Å². The van der Waals surface area contributed by atoms with Crippen LogP contribution in [0.1, 0.15) is 26.3 Å². The van der Waals surface area contributed by atoms with E-state index in [2.05, 4.69) is 10.6 Å². The van der Waals surface area contributed by atoms with E-state index in [0.717, 1.165) is 5.56 Å². The van der Waals surface area contributed by atoms with E-state index in [4.69, 9.17) is 23.2 Å². The predicted molar refractivity (Wildman–Crippen MR) is 94.1 cm³/mol. The molecule has 0 spiro atoms. The van der Waals surface area contributed by atoms with E-state index in [0.29, 0.717) is 36.1 Å². The minimum atomic E-state index is -0.232. The summed E-state index contributed by atoms with van der Waals surface area (Å²) in [5.74, 6) is -0.0406. The Balaban J connectivity index is 2.46. The van der Waals surface area contributed by atoms with Crippen LogP contribution in [-0.4, -0.2) is 42.5 Å². The summed E-state index contributed by atoms with van der Waals surface area (Å²) in [5.41, 5.74) is 0.938. The first kappa shape index (κ1) is 19.6. The van der Waals surface area contributed by atoms with Crippen LogP contribution < -0.4 is 10.6 Å². The quantitative estimate of drug-likeness (QED) is 0.785. The summed E-state index contributed by atoms with van der Waals surface area (Å²) in [5, 5.41) is 6.64. The zero-order valence-corrected chi connectivity index (χ0v) is 15.2. The standard InChI is InChI=1S/C16H23Cl2N3O2/c1-11(2)20-16(23)19-7-9-21(12(3)22)8-6-13-4-5-14(17)10-15(13)18/h4-5,10-11H,6-9H2,1-3H3,(H2,19,20,23). The lowest BCUT2D eigenvalue weighted by molar-refractivity contribution is -0.128. The van der Waals surface area contributed by atoms with E-state index in [1.807, 2.05) is 19.9 Å². The highest BCUT2D eigenvalue weighted by atomic mass is 35.5. The molecular weight excluding hydrogens is 337 g/mol. The Morgan fingerprint density at radius 2 is 1.91 bits per heavy atom. The largest absolute Gasteiger partial charge is 0.341 e. The normalized spacial score (nSPS) is 10.5. The van der Waals surface area contributed by atoms with Gasteiger partial charge in [0.15, 0.2) is 0 Å². The van der Waals surface area contributed by atoms with Crippen molar-refractivity contribution < 1.29 is 9.59 Å². The van der Waals surface area contributed by atoms with Crippen molar-refractivity contribution in [3.63, 3.8) is 0 Å². The zero-order chi connectivity index (χ0) is 17.4. The van der Waals surface area contributed by atoms with Crippen LogP contribution in [0, 0.1) is 0 Å². The highest BCUT2D eigenvalue weighted by Gasteiger charge is 2.11. The van der Waals surface area contributed by atoms with E-state index in [-0.39, 0.29) is 18.0 Å². The number of carbonyl (C=O) groups excluding carboxylic acids is 2. The molecule has 0 aliphatic heterocycles. The minimum absolute atomic E-state index is 0.0406. The average molecular weight is 360 g/mol. The Bertz CT molecular complexity index is 550. The number of halogens is 2. The van der Waals surface area contributed by atoms with Gasteiger partial charge in [0.05, 0.1) is 0 Å². The summed E-state index contributed by atoms with van der Waals surface area (Å²) in [6, 6.07) is 5.17. The molecule has 0 aromatic heterocycles. The number of rotatable bonds is 7. The smallest absolute Gasteiger partial charge is 0.315 e. The van der Waals surface area contributed by atoms with Crippen LogP contribution in [0.5, 0.6) is 0 Å². The number of nitrogens with one attached hydrogen (secondary N) is 2. The maximum atomic E-state index is 11.7. The summed E-state index contributed by atoms with van der Waals surface area (Å²) in [4.78, 5) is 24.9. The van der Waals surface area contributed by atoms with E-state index in [9.17, 15) is 9.59 Å². The molecule has 23 heavy (non-hydrogen) atoms. The molecule has 2 N–H and O–H groups in total. The number of urea groups is 1. The number of amides is 3. The molecule has 0 radical (unpaired) electrons. The van der Waals surface area contributed by atoms with Gasteiger partial charge < -0.3 is 15.5 Å². The SMILES string of the molecule is CC(=O)N(CCNC(=O)NC(C)C)CCc1ccc(Cl)cc1Cl. The molecule has 1 aromatic carbocycles. The van der Waals surface area contributed by atoms with Gasteiger partial charge in [0.1, 0.15) is 0 Å². The lowest BCUT2D eigenvalue weighted by Gasteiger charge is -2.22. The van der Waals surface area contributed by atoms with Crippen LogP contribution in [0.2, 0.25) is 10.0 Å². The van der Waals surface area contributed by atoms with Crippen molar-refractivity contribution in [3.05, 3.63) is 33.8 Å². The molecule has 1 rings (SSSR count). The number of benzene rings is 1. The molecule has 0 heterocycles. The molecular formula is C16H23Cl2N3O2. The predicted octanol–water partition coefficient (Wildman–Crippen LogP) is 3.09. The molecule has 0 aliphatic carbocycles. The van der Waals surface area contributed by atoms with Crippen molar-refractivity contribution in [1.29, 1.82) is 0 Å². The van der Waals surface area contributed by atoms with Crippen LogP contribution in [0.4, 0.5) is 4.79 Å². The number of hydrogen-bond acceptors (Lipinski definition) is 2. The highest BCUT2D eigenvalue weighted by Crippen LogP contribution is 2.21. The van der Waals surface area contributed by atoms with Crippen molar-refractivity contribution in [1.82, 2.24) is 15.5 Å². The van der Waals surface area contributed by atoms with Crippen LogP contribution in [-0.2, 0) is 11.2 Å². The van der Waals surface area contributed by atoms with Crippen molar-refractivity contribution in [2.45, 2.75) is 33.2 Å². The summed E-state index contributed by atoms with van der Waals surface area (Å²) in [7, 11) is 0. The van der Waals surface area contributed by atoms with Crippen LogP contribution >= 0.6 is 23.2 Å². The monoisotopic (exact) mass is 359 g/mol. The van der Waals surface area contributed by atoms with E-state index in [1.165, 1.54) is 6.92 Å². The van der Waals surface area contributed by atoms with Gasteiger partial charge in [0, 0.05) is 42.6 Å². The molecule has 0 saturated carbocycles. The van der Waals surface area contributed by atoms with Gasteiger partial charge in [-0.25, -0.2) is 4.79 Å². The third kappa shape index (κ3) is 7.57. The van der Waals surface area contributed by atoms with Gasteiger partial charge in [0.2, 0.25) is 5.91 Å². The second-order valence-corrected chi connectivity index (χ2v) is 6.39.